The summed E-state index contributed by atoms with van der Waals surface area (Å²) >= 11 is 0. The van der Waals surface area contributed by atoms with Crippen molar-refractivity contribution >= 4 is 21.8 Å². The van der Waals surface area contributed by atoms with E-state index in [2.05, 4.69) is 58.0 Å². The lowest BCUT2D eigenvalue weighted by atomic mass is 10.1. The molecule has 2 heterocycles. The molecule has 0 N–H and O–H groups in total. The van der Waals surface area contributed by atoms with E-state index in [0.29, 0.717) is 0 Å². The average Bonchev–Trinajstić information content (AvgIpc) is 3.52. The molecule has 0 saturated heterocycles. The maximum atomic E-state index is 5.70. The van der Waals surface area contributed by atoms with E-state index in [1.54, 1.807) is 0 Å². The Labute approximate surface area is 197 Å². The molecule has 0 amide bonds. The summed E-state index contributed by atoms with van der Waals surface area (Å²) < 4.78 is 7.78. The van der Waals surface area contributed by atoms with Gasteiger partial charge in [-0.3, -0.25) is 0 Å². The number of hydrogen-bond donors (Lipinski definition) is 0. The minimum Gasteiger partial charge on any atom is -0.356 e. The fourth-order valence-electron chi connectivity index (χ4n) is 4.41. The molecule has 0 fully saturated rings. The predicted octanol–water partition coefficient (Wildman–Crippen LogP) is 7.07. The summed E-state index contributed by atoms with van der Waals surface area (Å²) in [5.41, 5.74) is 7.53. The van der Waals surface area contributed by atoms with Gasteiger partial charge in [0.2, 0.25) is 0 Å². The molecule has 6 rings (SSSR count). The molecule has 34 heavy (non-hydrogen) atoms. The van der Waals surface area contributed by atoms with Gasteiger partial charge in [0.15, 0.2) is 5.76 Å². The van der Waals surface area contributed by atoms with Crippen LogP contribution in [0.4, 0.5) is 0 Å². The Balaban J connectivity index is 1.48. The first-order valence-corrected chi connectivity index (χ1v) is 10.9. The zero-order valence-corrected chi connectivity index (χ0v) is 18.2. The molecule has 0 unspecified atom stereocenters. The van der Waals surface area contributed by atoms with Crippen molar-refractivity contribution in [3.05, 3.63) is 108 Å². The van der Waals surface area contributed by atoms with Gasteiger partial charge in [0.1, 0.15) is 5.69 Å². The lowest BCUT2D eigenvalue weighted by molar-refractivity contribution is 0.435. The van der Waals surface area contributed by atoms with Crippen molar-refractivity contribution in [2.45, 2.75) is 0 Å². The van der Waals surface area contributed by atoms with Crippen LogP contribution in [0.5, 0.6) is 0 Å². The van der Waals surface area contributed by atoms with Gasteiger partial charge in [-0.2, -0.15) is 0 Å². The van der Waals surface area contributed by atoms with Crippen LogP contribution in [0.1, 0.15) is 11.1 Å². The van der Waals surface area contributed by atoms with Gasteiger partial charge in [-0.05, 0) is 36.4 Å². The maximum absolute atomic E-state index is 5.70. The van der Waals surface area contributed by atoms with Crippen molar-refractivity contribution in [1.29, 1.82) is 0 Å². The first kappa shape index (κ1) is 19.7. The molecule has 3 nitrogen and oxygen atoms in total. The summed E-state index contributed by atoms with van der Waals surface area (Å²) in [5.74, 6) is 6.23. The molecule has 0 spiro atoms. The van der Waals surface area contributed by atoms with Crippen molar-refractivity contribution in [3.63, 3.8) is 0 Å². The van der Waals surface area contributed by atoms with Gasteiger partial charge in [0.05, 0.1) is 11.0 Å². The van der Waals surface area contributed by atoms with Crippen molar-refractivity contribution in [2.24, 2.45) is 0 Å². The van der Waals surface area contributed by atoms with E-state index in [0.717, 1.165) is 61.2 Å². The molecule has 0 bridgehead atoms. The quantitative estimate of drug-likeness (QED) is 0.279. The highest BCUT2D eigenvalue weighted by Crippen LogP contribution is 2.34. The summed E-state index contributed by atoms with van der Waals surface area (Å²) in [6.07, 6.45) is 11.4. The van der Waals surface area contributed by atoms with E-state index in [-0.39, 0.29) is 0 Å². The Hall–Kier alpha value is -4.99. The van der Waals surface area contributed by atoms with E-state index >= 15 is 0 Å². The number of fused-ring (bicyclic) bond motifs is 3. The highest BCUT2D eigenvalue weighted by Gasteiger charge is 2.14. The average molecular weight is 434 g/mol. The van der Waals surface area contributed by atoms with Gasteiger partial charge >= 0.3 is 0 Å². The summed E-state index contributed by atoms with van der Waals surface area (Å²) in [7, 11) is 0. The van der Waals surface area contributed by atoms with Gasteiger partial charge in [-0.25, -0.2) is 0 Å². The smallest absolute Gasteiger partial charge is 0.167 e. The first-order valence-electron chi connectivity index (χ1n) is 10.9. The minimum atomic E-state index is 0.741. The van der Waals surface area contributed by atoms with Gasteiger partial charge < -0.3 is 9.09 Å². The van der Waals surface area contributed by atoms with E-state index < -0.39 is 0 Å². The third-order valence-corrected chi connectivity index (χ3v) is 6.09. The van der Waals surface area contributed by atoms with Gasteiger partial charge in [0.25, 0.3) is 0 Å². The molecule has 0 saturated carbocycles. The van der Waals surface area contributed by atoms with E-state index in [9.17, 15) is 0 Å². The van der Waals surface area contributed by atoms with E-state index in [1.807, 2.05) is 60.7 Å². The molecule has 6 aromatic rings. The summed E-state index contributed by atoms with van der Waals surface area (Å²) in [4.78, 5) is 0. The second kappa shape index (κ2) is 7.85. The van der Waals surface area contributed by atoms with Crippen LogP contribution in [0.3, 0.4) is 0 Å². The van der Waals surface area contributed by atoms with E-state index in [4.69, 9.17) is 17.4 Å². The first-order chi connectivity index (χ1) is 16.7. The summed E-state index contributed by atoms with van der Waals surface area (Å²) in [6, 6.07) is 32.4. The number of benzene rings is 4. The van der Waals surface area contributed by atoms with Crippen LogP contribution in [-0.2, 0) is 0 Å². The molecule has 4 aromatic carbocycles. The van der Waals surface area contributed by atoms with Gasteiger partial charge in [-0.1, -0.05) is 71.6 Å². The molecule has 2 aromatic heterocycles. The third kappa shape index (κ3) is 3.16. The molecule has 0 aliphatic rings. The number of aromatic nitrogens is 2. The van der Waals surface area contributed by atoms with Crippen LogP contribution in [0, 0.1) is 24.7 Å². The van der Waals surface area contributed by atoms with E-state index in [1.165, 1.54) is 0 Å². The molecular weight excluding hydrogens is 416 g/mol. The molecule has 3 heteroatoms. The lowest BCUT2D eigenvalue weighted by Crippen LogP contribution is -1.94. The van der Waals surface area contributed by atoms with Gasteiger partial charge in [0, 0.05) is 44.8 Å². The Morgan fingerprint density at radius 2 is 1.26 bits per heavy atom. The number of hydrogen-bond acceptors (Lipinski definition) is 2. The van der Waals surface area contributed by atoms with Crippen molar-refractivity contribution < 1.29 is 4.52 Å². The Morgan fingerprint density at radius 3 is 1.85 bits per heavy atom. The van der Waals surface area contributed by atoms with Crippen molar-refractivity contribution in [2.75, 3.05) is 0 Å². The van der Waals surface area contributed by atoms with Crippen LogP contribution in [0.2, 0.25) is 0 Å². The zero-order valence-electron chi connectivity index (χ0n) is 18.2. The highest BCUT2D eigenvalue weighted by atomic mass is 16.5. The predicted molar refractivity (Wildman–Crippen MR) is 138 cm³/mol. The molecule has 0 radical (unpaired) electrons. The second-order valence-electron chi connectivity index (χ2n) is 8.08. The monoisotopic (exact) mass is 434 g/mol. The molecule has 158 valence electrons. The number of terminal acetylenes is 2. The molecule has 0 atom stereocenters. The minimum absolute atomic E-state index is 0.741. The Kier molecular flexibility index (Phi) is 4.54. The van der Waals surface area contributed by atoms with Crippen LogP contribution in [-0.4, -0.2) is 9.72 Å². The largest absolute Gasteiger partial charge is 0.356 e. The van der Waals surface area contributed by atoms with Crippen LogP contribution in [0.15, 0.2) is 102 Å². The van der Waals surface area contributed by atoms with Crippen molar-refractivity contribution in [1.82, 2.24) is 9.72 Å². The fourth-order valence-corrected chi connectivity index (χ4v) is 4.41. The lowest BCUT2D eigenvalue weighted by Gasteiger charge is -2.09. The summed E-state index contributed by atoms with van der Waals surface area (Å²) in [5, 5.41) is 6.53. The topological polar surface area (TPSA) is 31.0 Å². The maximum Gasteiger partial charge on any atom is 0.167 e. The summed E-state index contributed by atoms with van der Waals surface area (Å²) in [6.45, 7) is 0. The Morgan fingerprint density at radius 1 is 0.647 bits per heavy atom. The van der Waals surface area contributed by atoms with Crippen LogP contribution >= 0.6 is 0 Å². The third-order valence-electron chi connectivity index (χ3n) is 6.09. The SMILES string of the molecule is C#Cc1ccc2c3ccc(C#C)cc3n(-c3ccc(-c4cc(-c5ccccc5)on4)cc3)c2c1. The fraction of sp³-hybridized carbons (Fsp3) is 0. The van der Waals surface area contributed by atoms with Gasteiger partial charge in [-0.15, -0.1) is 12.8 Å². The second-order valence-corrected chi connectivity index (χ2v) is 8.08. The Bertz CT molecular complexity index is 1680. The van der Waals surface area contributed by atoms with Crippen LogP contribution in [0.25, 0.3) is 50.1 Å². The van der Waals surface area contributed by atoms with Crippen molar-refractivity contribution in [3.8, 4) is 53.0 Å². The number of nitrogens with zero attached hydrogens (tertiary/aromatic N) is 2. The normalized spacial score (nSPS) is 10.9. The molecular formula is C31H18N2O. The highest BCUT2D eigenvalue weighted by molar-refractivity contribution is 6.10. The number of rotatable bonds is 3. The molecule has 0 aliphatic heterocycles. The molecule has 0 aliphatic carbocycles. The zero-order chi connectivity index (χ0) is 23.1. The van der Waals surface area contributed by atoms with Crippen LogP contribution < -0.4 is 0 Å². The standard InChI is InChI=1S/C31H18N2O/c1-3-21-10-16-26-27-17-11-22(4-2)19-30(27)33(29(26)18-21)25-14-12-23(13-15-25)28-20-31(34-32-28)24-8-6-5-7-9-24/h1-2,5-20H.